The smallest absolute Gasteiger partial charge is 0.244 e. The second-order valence-corrected chi connectivity index (χ2v) is 6.97. The van der Waals surface area contributed by atoms with E-state index < -0.39 is 0 Å². The molecule has 0 saturated heterocycles. The number of nitrogens with zero attached hydrogens (tertiary/aromatic N) is 2. The first-order valence-corrected chi connectivity index (χ1v) is 9.90. The molecule has 0 bridgehead atoms. The van der Waals surface area contributed by atoms with Gasteiger partial charge in [-0.3, -0.25) is 0 Å². The van der Waals surface area contributed by atoms with E-state index in [4.69, 9.17) is 0 Å². The minimum absolute atomic E-state index is 0.368. The van der Waals surface area contributed by atoms with Gasteiger partial charge in [0.1, 0.15) is 0 Å². The van der Waals surface area contributed by atoms with Crippen LogP contribution in [-0.2, 0) is 6.42 Å². The highest BCUT2D eigenvalue weighted by Crippen LogP contribution is 2.12. The number of hydrogen-bond donors (Lipinski definition) is 0. The van der Waals surface area contributed by atoms with Gasteiger partial charge in [-0.2, -0.15) is 9.98 Å². The maximum Gasteiger partial charge on any atom is 0.368 e. The Kier molecular flexibility index (Phi) is 8.72. The third-order valence-electron chi connectivity index (χ3n) is 4.79. The largest absolute Gasteiger partial charge is 0.368 e. The zero-order valence-electron chi connectivity index (χ0n) is 15.2. The molecule has 0 spiro atoms. The van der Waals surface area contributed by atoms with Gasteiger partial charge in [-0.1, -0.05) is 83.6 Å². The normalized spacial score (nSPS) is 12.8. The lowest BCUT2D eigenvalue weighted by Gasteiger charge is -2.03. The molecule has 1 aliphatic rings. The van der Waals surface area contributed by atoms with Crippen LogP contribution in [0.4, 0.5) is 4.79 Å². The third-order valence-corrected chi connectivity index (χ3v) is 4.79. The fourth-order valence-electron chi connectivity index (χ4n) is 3.31. The first-order valence-electron chi connectivity index (χ1n) is 9.90. The van der Waals surface area contributed by atoms with E-state index in [1.807, 2.05) is 12.1 Å². The highest BCUT2D eigenvalue weighted by atomic mass is 16.2. The fraction of sp³-hybridized carbons (Fsp3) is 0.667. The van der Waals surface area contributed by atoms with Gasteiger partial charge in [0.15, 0.2) is 0 Å². The summed E-state index contributed by atoms with van der Waals surface area (Å²) in [7, 11) is 0. The molecule has 1 aromatic carbocycles. The summed E-state index contributed by atoms with van der Waals surface area (Å²) < 4.78 is 0. The van der Waals surface area contributed by atoms with E-state index in [1.54, 1.807) is 0 Å². The maximum absolute atomic E-state index is 11.2. The Morgan fingerprint density at radius 3 is 1.88 bits per heavy atom. The summed E-state index contributed by atoms with van der Waals surface area (Å²) >= 11 is 0. The zero-order valence-corrected chi connectivity index (χ0v) is 15.2. The Morgan fingerprint density at radius 1 is 0.708 bits per heavy atom. The van der Waals surface area contributed by atoms with Gasteiger partial charge < -0.3 is 0 Å². The lowest BCUT2D eigenvalue weighted by atomic mass is 10.0. The van der Waals surface area contributed by atoms with Gasteiger partial charge in [0.25, 0.3) is 0 Å². The summed E-state index contributed by atoms with van der Waals surface area (Å²) in [5, 5.41) is 1.47. The average Bonchev–Trinajstić information content (AvgIpc) is 2.95. The van der Waals surface area contributed by atoms with Crippen molar-refractivity contribution in [3.8, 4) is 0 Å². The molecule has 1 aromatic rings. The minimum atomic E-state index is -0.368. The SMILES string of the molecule is CCCCCCCCCCCCCCc1ccc2c(c1)=NC(=O)N=2. The monoisotopic (exact) mass is 328 g/mol. The standard InChI is InChI=1S/C21H32N2O/c1-2-3-4-5-6-7-8-9-10-11-12-13-14-18-15-16-19-20(17-18)23-21(24)22-19/h15-17H,2-14H2,1H3. The molecule has 2 amide bonds. The summed E-state index contributed by atoms with van der Waals surface area (Å²) in [6, 6.07) is 5.64. The molecule has 0 atom stereocenters. The Hall–Kier alpha value is -1.51. The summed E-state index contributed by atoms with van der Waals surface area (Å²) in [5.74, 6) is 0. The van der Waals surface area contributed by atoms with E-state index in [2.05, 4.69) is 23.0 Å². The predicted molar refractivity (Wildman–Crippen MR) is 98.9 cm³/mol. The molecule has 1 heterocycles. The fourth-order valence-corrected chi connectivity index (χ4v) is 3.31. The molecule has 0 N–H and O–H groups in total. The Balaban J connectivity index is 1.46. The van der Waals surface area contributed by atoms with Crippen molar-refractivity contribution < 1.29 is 4.79 Å². The number of fused-ring (bicyclic) bond motifs is 1. The van der Waals surface area contributed by atoms with E-state index in [1.165, 1.54) is 82.6 Å². The first-order chi connectivity index (χ1) is 11.8. The molecule has 3 nitrogen and oxygen atoms in total. The quantitative estimate of drug-likeness (QED) is 0.453. The van der Waals surface area contributed by atoms with Crippen molar-refractivity contribution in [2.75, 3.05) is 0 Å². The van der Waals surface area contributed by atoms with Gasteiger partial charge in [-0.15, -0.1) is 0 Å². The second kappa shape index (κ2) is 11.1. The average molecular weight is 328 g/mol. The van der Waals surface area contributed by atoms with E-state index in [0.29, 0.717) is 0 Å². The van der Waals surface area contributed by atoms with E-state index in [0.717, 1.165) is 17.1 Å². The van der Waals surface area contributed by atoms with Crippen LogP contribution in [0.25, 0.3) is 0 Å². The number of unbranched alkanes of at least 4 members (excludes halogenated alkanes) is 11. The van der Waals surface area contributed by atoms with Crippen molar-refractivity contribution in [2.45, 2.75) is 90.4 Å². The molecule has 0 saturated carbocycles. The Bertz CT molecular complexity index is 621. The maximum atomic E-state index is 11.2. The highest BCUT2D eigenvalue weighted by molar-refractivity contribution is 5.77. The number of carbonyl (C=O) groups excluding carboxylic acids is 1. The zero-order chi connectivity index (χ0) is 17.0. The molecule has 3 heteroatoms. The van der Waals surface area contributed by atoms with E-state index in [9.17, 15) is 4.79 Å². The van der Waals surface area contributed by atoms with E-state index >= 15 is 0 Å². The van der Waals surface area contributed by atoms with Gasteiger partial charge in [0.2, 0.25) is 0 Å². The summed E-state index contributed by atoms with van der Waals surface area (Å²) in [6.07, 6.45) is 17.6. The minimum Gasteiger partial charge on any atom is -0.244 e. The molecule has 0 aliphatic carbocycles. The van der Waals surface area contributed by atoms with Gasteiger partial charge in [0, 0.05) is 0 Å². The molecule has 0 fully saturated rings. The van der Waals surface area contributed by atoms with Crippen LogP contribution in [-0.4, -0.2) is 6.03 Å². The molecular weight excluding hydrogens is 296 g/mol. The molecular formula is C21H32N2O. The van der Waals surface area contributed by atoms with Crippen molar-refractivity contribution in [1.29, 1.82) is 0 Å². The number of aryl methyl sites for hydroxylation is 1. The summed E-state index contributed by atoms with van der Waals surface area (Å²) in [6.45, 7) is 2.27. The topological polar surface area (TPSA) is 41.8 Å². The van der Waals surface area contributed by atoms with Crippen LogP contribution in [0, 0.1) is 0 Å². The first kappa shape index (κ1) is 18.8. The molecule has 0 aromatic heterocycles. The summed E-state index contributed by atoms with van der Waals surface area (Å²) in [4.78, 5) is 18.9. The van der Waals surface area contributed by atoms with Crippen LogP contribution < -0.4 is 10.7 Å². The van der Waals surface area contributed by atoms with Crippen molar-refractivity contribution in [3.63, 3.8) is 0 Å². The number of urea groups is 1. The molecule has 24 heavy (non-hydrogen) atoms. The third kappa shape index (κ3) is 6.94. The molecule has 1 aliphatic heterocycles. The van der Waals surface area contributed by atoms with Crippen LogP contribution in [0.1, 0.15) is 89.5 Å². The van der Waals surface area contributed by atoms with Crippen LogP contribution in [0.3, 0.4) is 0 Å². The van der Waals surface area contributed by atoms with Gasteiger partial charge in [-0.25, -0.2) is 4.79 Å². The molecule has 0 unspecified atom stereocenters. The predicted octanol–water partition coefficient (Wildman–Crippen LogP) is 5.30. The van der Waals surface area contributed by atoms with Crippen molar-refractivity contribution in [1.82, 2.24) is 0 Å². The lowest BCUT2D eigenvalue weighted by Crippen LogP contribution is -2.21. The summed E-state index contributed by atoms with van der Waals surface area (Å²) in [5.41, 5.74) is 1.27. The number of hydrogen-bond acceptors (Lipinski definition) is 1. The lowest BCUT2D eigenvalue weighted by molar-refractivity contribution is 0.256. The molecule has 0 radical (unpaired) electrons. The molecule has 2 rings (SSSR count). The van der Waals surface area contributed by atoms with Crippen LogP contribution >= 0.6 is 0 Å². The van der Waals surface area contributed by atoms with Crippen molar-refractivity contribution in [3.05, 3.63) is 34.5 Å². The number of rotatable bonds is 13. The van der Waals surface area contributed by atoms with Crippen molar-refractivity contribution >= 4 is 6.03 Å². The van der Waals surface area contributed by atoms with Crippen LogP contribution in [0.5, 0.6) is 0 Å². The van der Waals surface area contributed by atoms with E-state index in [-0.39, 0.29) is 6.03 Å². The Labute approximate surface area is 146 Å². The van der Waals surface area contributed by atoms with Gasteiger partial charge in [-0.05, 0) is 30.5 Å². The van der Waals surface area contributed by atoms with Crippen LogP contribution in [0.15, 0.2) is 28.2 Å². The second-order valence-electron chi connectivity index (χ2n) is 6.97. The number of benzene rings is 1. The molecule has 132 valence electrons. The van der Waals surface area contributed by atoms with Gasteiger partial charge in [0.05, 0.1) is 10.7 Å². The Morgan fingerprint density at radius 2 is 1.25 bits per heavy atom. The number of carbonyl (C=O) groups is 1. The highest BCUT2D eigenvalue weighted by Gasteiger charge is 2.05. The number of amides is 2. The van der Waals surface area contributed by atoms with Crippen LogP contribution in [0.2, 0.25) is 0 Å². The van der Waals surface area contributed by atoms with Gasteiger partial charge >= 0.3 is 6.03 Å². The van der Waals surface area contributed by atoms with Crippen molar-refractivity contribution in [2.24, 2.45) is 9.98 Å².